The van der Waals surface area contributed by atoms with Crippen LogP contribution < -0.4 is 10.5 Å². The summed E-state index contributed by atoms with van der Waals surface area (Å²) in [5, 5.41) is 10.8. The number of rotatable bonds is 3. The smallest absolute Gasteiger partial charge is 0.133 e. The molecule has 4 heteroatoms. The van der Waals surface area contributed by atoms with Gasteiger partial charge in [0.2, 0.25) is 0 Å². The van der Waals surface area contributed by atoms with Crippen LogP contribution in [0.3, 0.4) is 0 Å². The molecule has 0 saturated carbocycles. The lowest BCUT2D eigenvalue weighted by molar-refractivity contribution is 0.463. The predicted octanol–water partition coefficient (Wildman–Crippen LogP) is 5.70. The van der Waals surface area contributed by atoms with Crippen molar-refractivity contribution in [3.8, 4) is 28.4 Å². The number of anilines is 1. The maximum absolute atomic E-state index is 10.2. The molecule has 0 spiro atoms. The van der Waals surface area contributed by atoms with Crippen molar-refractivity contribution in [2.24, 2.45) is 0 Å². The Labute approximate surface area is 146 Å². The monoisotopic (exact) mass is 339 g/mol. The molecule has 0 radical (unpaired) electrons. The summed E-state index contributed by atoms with van der Waals surface area (Å²) in [6, 6.07) is 16.2. The van der Waals surface area contributed by atoms with Crippen molar-refractivity contribution >= 4 is 17.3 Å². The normalized spacial score (nSPS) is 10.6. The number of nitrogens with two attached hydrogens (primary N) is 1. The average Bonchev–Trinajstić information content (AvgIpc) is 2.53. The van der Waals surface area contributed by atoms with Gasteiger partial charge in [-0.15, -0.1) is 0 Å². The molecule has 0 amide bonds. The summed E-state index contributed by atoms with van der Waals surface area (Å²) in [6.45, 7) is 3.90. The third-order valence-corrected chi connectivity index (χ3v) is 4.16. The summed E-state index contributed by atoms with van der Waals surface area (Å²) in [5.41, 5.74) is 9.87. The van der Waals surface area contributed by atoms with Gasteiger partial charge in [0.1, 0.15) is 17.2 Å². The first-order valence-electron chi connectivity index (χ1n) is 7.58. The van der Waals surface area contributed by atoms with Crippen LogP contribution in [0.5, 0.6) is 17.2 Å². The highest BCUT2D eigenvalue weighted by Gasteiger charge is 2.12. The minimum Gasteiger partial charge on any atom is -0.507 e. The molecule has 3 N–H and O–H groups in total. The van der Waals surface area contributed by atoms with E-state index in [1.165, 1.54) is 0 Å². The number of benzene rings is 3. The van der Waals surface area contributed by atoms with Crippen molar-refractivity contribution in [3.63, 3.8) is 0 Å². The van der Waals surface area contributed by atoms with E-state index in [-0.39, 0.29) is 5.75 Å². The molecule has 0 aromatic heterocycles. The lowest BCUT2D eigenvalue weighted by atomic mass is 10.0. The number of aryl methyl sites for hydroxylation is 2. The van der Waals surface area contributed by atoms with Crippen LogP contribution in [0.1, 0.15) is 11.1 Å². The molecule has 0 unspecified atom stereocenters. The zero-order valence-electron chi connectivity index (χ0n) is 13.5. The average molecular weight is 340 g/mol. The summed E-state index contributed by atoms with van der Waals surface area (Å²) < 4.78 is 6.04. The molecule has 3 aromatic carbocycles. The predicted molar refractivity (Wildman–Crippen MR) is 99.0 cm³/mol. The summed E-state index contributed by atoms with van der Waals surface area (Å²) >= 11 is 6.25. The number of aromatic hydroxyl groups is 1. The molecule has 3 aromatic rings. The number of halogens is 1. The van der Waals surface area contributed by atoms with Gasteiger partial charge in [-0.05, 0) is 61.4 Å². The summed E-state index contributed by atoms with van der Waals surface area (Å²) in [7, 11) is 0. The highest BCUT2D eigenvalue weighted by molar-refractivity contribution is 6.33. The molecule has 122 valence electrons. The number of phenolic OH excluding ortho intramolecular Hbond substituents is 1. The van der Waals surface area contributed by atoms with Crippen molar-refractivity contribution in [3.05, 3.63) is 70.7 Å². The van der Waals surface area contributed by atoms with Crippen molar-refractivity contribution in [2.75, 3.05) is 5.73 Å². The summed E-state index contributed by atoms with van der Waals surface area (Å²) in [6.07, 6.45) is 0. The van der Waals surface area contributed by atoms with E-state index in [9.17, 15) is 5.11 Å². The lowest BCUT2D eigenvalue weighted by Gasteiger charge is -2.14. The van der Waals surface area contributed by atoms with Crippen molar-refractivity contribution in [1.29, 1.82) is 0 Å². The molecule has 0 heterocycles. The number of nitrogen functional groups attached to an aromatic ring is 1. The highest BCUT2D eigenvalue weighted by Crippen LogP contribution is 2.38. The Morgan fingerprint density at radius 3 is 2.25 bits per heavy atom. The van der Waals surface area contributed by atoms with Crippen LogP contribution in [0.4, 0.5) is 5.69 Å². The third kappa shape index (κ3) is 3.17. The lowest BCUT2D eigenvalue weighted by Crippen LogP contribution is -1.94. The van der Waals surface area contributed by atoms with E-state index < -0.39 is 0 Å². The van der Waals surface area contributed by atoms with Crippen molar-refractivity contribution < 1.29 is 9.84 Å². The van der Waals surface area contributed by atoms with E-state index in [2.05, 4.69) is 0 Å². The molecule has 0 aliphatic carbocycles. The van der Waals surface area contributed by atoms with E-state index in [0.29, 0.717) is 22.0 Å². The van der Waals surface area contributed by atoms with Crippen LogP contribution in [-0.4, -0.2) is 5.11 Å². The minimum atomic E-state index is 0.154. The molecular formula is C20H18ClNO2. The quantitative estimate of drug-likeness (QED) is 0.601. The Balaban J connectivity index is 2.03. The van der Waals surface area contributed by atoms with Gasteiger partial charge in [0.25, 0.3) is 0 Å². The number of hydrogen-bond donors (Lipinski definition) is 2. The fraction of sp³-hybridized carbons (Fsp3) is 0.100. The number of hydrogen-bond acceptors (Lipinski definition) is 3. The van der Waals surface area contributed by atoms with E-state index in [1.54, 1.807) is 24.3 Å². The highest BCUT2D eigenvalue weighted by atomic mass is 35.5. The van der Waals surface area contributed by atoms with Crippen molar-refractivity contribution in [1.82, 2.24) is 0 Å². The second-order valence-corrected chi connectivity index (χ2v) is 6.15. The standard InChI is InChI=1S/C20H18ClNO2/c1-12-9-14(22)10-13(2)20(12)24-15-7-8-19(23)17(11-15)16-5-3-4-6-18(16)21/h3-11,23H,22H2,1-2H3. The fourth-order valence-electron chi connectivity index (χ4n) is 2.74. The van der Waals surface area contributed by atoms with Gasteiger partial charge in [-0.3, -0.25) is 0 Å². The van der Waals surface area contributed by atoms with E-state index >= 15 is 0 Å². The van der Waals surface area contributed by atoms with Gasteiger partial charge in [-0.25, -0.2) is 0 Å². The second kappa shape index (κ2) is 6.46. The molecule has 0 bridgehead atoms. The first-order chi connectivity index (χ1) is 11.5. The summed E-state index contributed by atoms with van der Waals surface area (Å²) in [5.74, 6) is 1.54. The maximum atomic E-state index is 10.2. The fourth-order valence-corrected chi connectivity index (χ4v) is 2.97. The molecule has 0 fully saturated rings. The molecule has 3 rings (SSSR count). The Morgan fingerprint density at radius 1 is 0.917 bits per heavy atom. The van der Waals surface area contributed by atoms with Gasteiger partial charge in [0.05, 0.1) is 0 Å². The van der Waals surface area contributed by atoms with Gasteiger partial charge in [0.15, 0.2) is 0 Å². The Bertz CT molecular complexity index is 883. The zero-order chi connectivity index (χ0) is 17.3. The summed E-state index contributed by atoms with van der Waals surface area (Å²) in [4.78, 5) is 0. The van der Waals surface area contributed by atoms with Gasteiger partial charge in [-0.2, -0.15) is 0 Å². The molecule has 3 nitrogen and oxygen atoms in total. The third-order valence-electron chi connectivity index (χ3n) is 3.83. The first kappa shape index (κ1) is 16.2. The van der Waals surface area contributed by atoms with Gasteiger partial charge >= 0.3 is 0 Å². The molecule has 0 aliphatic rings. The molecule has 0 saturated heterocycles. The second-order valence-electron chi connectivity index (χ2n) is 5.74. The molecular weight excluding hydrogens is 322 g/mol. The largest absolute Gasteiger partial charge is 0.507 e. The van der Waals surface area contributed by atoms with E-state index in [0.717, 1.165) is 22.4 Å². The van der Waals surface area contributed by atoms with Gasteiger partial charge in [0, 0.05) is 21.8 Å². The number of phenols is 1. The zero-order valence-corrected chi connectivity index (χ0v) is 14.3. The SMILES string of the molecule is Cc1cc(N)cc(C)c1Oc1ccc(O)c(-c2ccccc2Cl)c1. The van der Waals surface area contributed by atoms with Crippen LogP contribution in [0.15, 0.2) is 54.6 Å². The van der Waals surface area contributed by atoms with Crippen LogP contribution >= 0.6 is 11.6 Å². The molecule has 24 heavy (non-hydrogen) atoms. The van der Waals surface area contributed by atoms with Crippen molar-refractivity contribution in [2.45, 2.75) is 13.8 Å². The molecule has 0 aliphatic heterocycles. The van der Waals surface area contributed by atoms with E-state index in [4.69, 9.17) is 22.1 Å². The Morgan fingerprint density at radius 2 is 1.58 bits per heavy atom. The van der Waals surface area contributed by atoms with Crippen LogP contribution in [-0.2, 0) is 0 Å². The van der Waals surface area contributed by atoms with Crippen LogP contribution in [0, 0.1) is 13.8 Å². The van der Waals surface area contributed by atoms with Crippen LogP contribution in [0.25, 0.3) is 11.1 Å². The van der Waals surface area contributed by atoms with Crippen LogP contribution in [0.2, 0.25) is 5.02 Å². The first-order valence-corrected chi connectivity index (χ1v) is 7.96. The Kier molecular flexibility index (Phi) is 4.36. The number of ether oxygens (including phenoxy) is 1. The van der Waals surface area contributed by atoms with Gasteiger partial charge < -0.3 is 15.6 Å². The minimum absolute atomic E-state index is 0.154. The maximum Gasteiger partial charge on any atom is 0.133 e. The Hall–Kier alpha value is -2.65. The molecule has 0 atom stereocenters. The van der Waals surface area contributed by atoms with Gasteiger partial charge in [-0.1, -0.05) is 29.8 Å². The van der Waals surface area contributed by atoms with E-state index in [1.807, 2.05) is 44.2 Å². The topological polar surface area (TPSA) is 55.5 Å².